The minimum Gasteiger partial charge on any atom is -0.480 e. The average Bonchev–Trinajstić information content (AvgIpc) is 2.25. The molecule has 6 nitrogen and oxygen atoms in total. The van der Waals surface area contributed by atoms with E-state index >= 15 is 0 Å². The lowest BCUT2D eigenvalue weighted by Crippen LogP contribution is -2.31. The van der Waals surface area contributed by atoms with Crippen LogP contribution in [0.2, 0.25) is 0 Å². The first kappa shape index (κ1) is 10.9. The SMILES string of the molecule is [N-]=[N+]=NCC(Nc1ccccc1)C(=O)O. The third-order valence-corrected chi connectivity index (χ3v) is 1.74. The van der Waals surface area contributed by atoms with Crippen molar-refractivity contribution in [3.63, 3.8) is 0 Å². The topological polar surface area (TPSA) is 98.1 Å². The summed E-state index contributed by atoms with van der Waals surface area (Å²) in [6, 6.07) is 7.99. The minimum absolute atomic E-state index is 0.124. The van der Waals surface area contributed by atoms with Gasteiger partial charge in [-0.25, -0.2) is 4.79 Å². The van der Waals surface area contributed by atoms with E-state index in [1.165, 1.54) is 0 Å². The van der Waals surface area contributed by atoms with Crippen LogP contribution in [0.3, 0.4) is 0 Å². The Morgan fingerprint density at radius 1 is 1.53 bits per heavy atom. The zero-order chi connectivity index (χ0) is 11.1. The molecule has 1 rings (SSSR count). The van der Waals surface area contributed by atoms with Gasteiger partial charge in [0.25, 0.3) is 0 Å². The Labute approximate surface area is 86.2 Å². The van der Waals surface area contributed by atoms with Crippen LogP contribution in [0.25, 0.3) is 10.4 Å². The molecule has 0 fully saturated rings. The molecule has 0 amide bonds. The number of hydrogen-bond acceptors (Lipinski definition) is 3. The summed E-state index contributed by atoms with van der Waals surface area (Å²) in [6.45, 7) is -0.124. The van der Waals surface area contributed by atoms with Gasteiger partial charge in [0.05, 0.1) is 6.54 Å². The van der Waals surface area contributed by atoms with E-state index < -0.39 is 12.0 Å². The number of nitrogens with one attached hydrogen (secondary N) is 1. The molecule has 2 N–H and O–H groups in total. The van der Waals surface area contributed by atoms with Crippen LogP contribution in [0, 0.1) is 0 Å². The van der Waals surface area contributed by atoms with Crippen molar-refractivity contribution in [3.8, 4) is 0 Å². The number of benzene rings is 1. The predicted molar refractivity (Wildman–Crippen MR) is 55.5 cm³/mol. The molecule has 0 saturated heterocycles. The van der Waals surface area contributed by atoms with Crippen molar-refractivity contribution in [2.45, 2.75) is 6.04 Å². The van der Waals surface area contributed by atoms with Gasteiger partial charge < -0.3 is 10.4 Å². The van der Waals surface area contributed by atoms with Crippen molar-refractivity contribution in [3.05, 3.63) is 40.8 Å². The van der Waals surface area contributed by atoms with Crippen LogP contribution in [0.1, 0.15) is 0 Å². The minimum atomic E-state index is -1.05. The highest BCUT2D eigenvalue weighted by atomic mass is 16.4. The highest BCUT2D eigenvalue weighted by molar-refractivity contribution is 5.77. The van der Waals surface area contributed by atoms with Crippen molar-refractivity contribution in [2.75, 3.05) is 11.9 Å². The molecule has 0 bridgehead atoms. The molecule has 0 aromatic heterocycles. The Morgan fingerprint density at radius 2 is 2.20 bits per heavy atom. The van der Waals surface area contributed by atoms with Crippen LogP contribution < -0.4 is 5.32 Å². The Hall–Kier alpha value is -2.20. The van der Waals surface area contributed by atoms with Crippen molar-refractivity contribution in [1.29, 1.82) is 0 Å². The van der Waals surface area contributed by atoms with Crippen LogP contribution in [-0.4, -0.2) is 23.7 Å². The number of anilines is 1. The van der Waals surface area contributed by atoms with Gasteiger partial charge in [-0.2, -0.15) is 0 Å². The Balaban J connectivity index is 2.67. The second-order valence-corrected chi connectivity index (χ2v) is 2.81. The molecule has 78 valence electrons. The number of carbonyl (C=O) groups is 1. The fourth-order valence-corrected chi connectivity index (χ4v) is 1.04. The van der Waals surface area contributed by atoms with Gasteiger partial charge in [0.1, 0.15) is 6.04 Å². The number of para-hydroxylation sites is 1. The molecule has 1 aromatic carbocycles. The number of hydrogen-bond donors (Lipinski definition) is 2. The van der Waals surface area contributed by atoms with E-state index in [1.54, 1.807) is 24.3 Å². The summed E-state index contributed by atoms with van der Waals surface area (Å²) < 4.78 is 0. The third-order valence-electron chi connectivity index (χ3n) is 1.74. The zero-order valence-electron chi connectivity index (χ0n) is 7.87. The summed E-state index contributed by atoms with van der Waals surface area (Å²) in [5.41, 5.74) is 8.78. The highest BCUT2D eigenvalue weighted by Gasteiger charge is 2.15. The van der Waals surface area contributed by atoms with E-state index in [0.717, 1.165) is 0 Å². The normalized spacial score (nSPS) is 11.2. The molecule has 1 atom stereocenters. The van der Waals surface area contributed by atoms with E-state index in [4.69, 9.17) is 10.6 Å². The largest absolute Gasteiger partial charge is 0.480 e. The fourth-order valence-electron chi connectivity index (χ4n) is 1.04. The number of nitrogens with zero attached hydrogens (tertiary/aromatic N) is 3. The van der Waals surface area contributed by atoms with Gasteiger partial charge in [-0.3, -0.25) is 0 Å². The number of rotatable bonds is 5. The van der Waals surface area contributed by atoms with Crippen molar-refractivity contribution in [1.82, 2.24) is 0 Å². The van der Waals surface area contributed by atoms with E-state index in [9.17, 15) is 4.79 Å². The number of azide groups is 1. The van der Waals surface area contributed by atoms with Gasteiger partial charge in [-0.1, -0.05) is 23.3 Å². The molecule has 0 spiro atoms. The number of aliphatic carboxylic acids is 1. The smallest absolute Gasteiger partial charge is 0.326 e. The monoisotopic (exact) mass is 206 g/mol. The van der Waals surface area contributed by atoms with Crippen molar-refractivity contribution < 1.29 is 9.90 Å². The lowest BCUT2D eigenvalue weighted by Gasteiger charge is -2.12. The first-order valence-corrected chi connectivity index (χ1v) is 4.29. The molecule has 6 heteroatoms. The standard InChI is InChI=1S/C9H10N4O2/c10-13-11-6-8(9(14)15)12-7-4-2-1-3-5-7/h1-5,8,12H,6H2,(H,14,15). The highest BCUT2D eigenvalue weighted by Crippen LogP contribution is 2.07. The first-order valence-electron chi connectivity index (χ1n) is 4.29. The Kier molecular flexibility index (Phi) is 4.00. The summed E-state index contributed by atoms with van der Waals surface area (Å²) in [6.07, 6.45) is 0. The fraction of sp³-hybridized carbons (Fsp3) is 0.222. The molecule has 15 heavy (non-hydrogen) atoms. The van der Waals surface area contributed by atoms with Crippen LogP contribution >= 0.6 is 0 Å². The number of carboxylic acids is 1. The average molecular weight is 206 g/mol. The van der Waals surface area contributed by atoms with Gasteiger partial charge in [-0.05, 0) is 17.7 Å². The zero-order valence-corrected chi connectivity index (χ0v) is 7.87. The van der Waals surface area contributed by atoms with Crippen molar-refractivity contribution in [2.24, 2.45) is 5.11 Å². The molecule has 0 aliphatic heterocycles. The van der Waals surface area contributed by atoms with Gasteiger partial charge in [-0.15, -0.1) is 0 Å². The van der Waals surface area contributed by atoms with Gasteiger partial charge in [0, 0.05) is 10.6 Å². The van der Waals surface area contributed by atoms with Crippen LogP contribution in [0.4, 0.5) is 5.69 Å². The summed E-state index contributed by atoms with van der Waals surface area (Å²) in [7, 11) is 0. The van der Waals surface area contributed by atoms with Gasteiger partial charge in [0.15, 0.2) is 0 Å². The van der Waals surface area contributed by atoms with Crippen molar-refractivity contribution >= 4 is 11.7 Å². The maximum absolute atomic E-state index is 10.8. The molecule has 0 radical (unpaired) electrons. The summed E-state index contributed by atoms with van der Waals surface area (Å²) >= 11 is 0. The predicted octanol–water partition coefficient (Wildman–Crippen LogP) is 1.86. The summed E-state index contributed by atoms with van der Waals surface area (Å²) in [5.74, 6) is -1.05. The molecule has 0 saturated carbocycles. The van der Waals surface area contributed by atoms with E-state index in [2.05, 4.69) is 15.3 Å². The van der Waals surface area contributed by atoms with E-state index in [1.807, 2.05) is 6.07 Å². The first-order chi connectivity index (χ1) is 7.24. The van der Waals surface area contributed by atoms with Crippen LogP contribution in [-0.2, 0) is 4.79 Å². The second-order valence-electron chi connectivity index (χ2n) is 2.81. The molecule has 0 aliphatic rings. The molecule has 1 aromatic rings. The third kappa shape index (κ3) is 3.58. The lowest BCUT2D eigenvalue weighted by molar-refractivity contribution is -0.137. The molecule has 0 heterocycles. The molecular formula is C9H10N4O2. The Bertz CT molecular complexity index is 373. The summed E-state index contributed by atoms with van der Waals surface area (Å²) in [4.78, 5) is 13.3. The molecule has 1 unspecified atom stereocenters. The lowest BCUT2D eigenvalue weighted by atomic mass is 10.2. The van der Waals surface area contributed by atoms with Gasteiger partial charge >= 0.3 is 5.97 Å². The maximum atomic E-state index is 10.8. The molecule has 0 aliphatic carbocycles. The summed E-state index contributed by atoms with van der Waals surface area (Å²) in [5, 5.41) is 14.8. The Morgan fingerprint density at radius 3 is 2.73 bits per heavy atom. The van der Waals surface area contributed by atoms with Crippen LogP contribution in [0.5, 0.6) is 0 Å². The second kappa shape index (κ2) is 5.51. The van der Waals surface area contributed by atoms with Crippen LogP contribution in [0.15, 0.2) is 35.4 Å². The molecular weight excluding hydrogens is 196 g/mol. The van der Waals surface area contributed by atoms with E-state index in [0.29, 0.717) is 5.69 Å². The maximum Gasteiger partial charge on any atom is 0.326 e. The van der Waals surface area contributed by atoms with E-state index in [-0.39, 0.29) is 6.54 Å². The number of carboxylic acid groups (broad SMARTS) is 1. The quantitative estimate of drug-likeness (QED) is 0.437. The van der Waals surface area contributed by atoms with Gasteiger partial charge in [0.2, 0.25) is 0 Å².